The Kier molecular flexibility index (Phi) is 3.20. The van der Waals surface area contributed by atoms with Gasteiger partial charge in [-0.15, -0.1) is 0 Å². The van der Waals surface area contributed by atoms with Gasteiger partial charge in [0.25, 0.3) is 0 Å². The van der Waals surface area contributed by atoms with E-state index in [4.69, 9.17) is 0 Å². The molecule has 0 aromatic rings. The van der Waals surface area contributed by atoms with Crippen LogP contribution in [0.5, 0.6) is 0 Å². The highest BCUT2D eigenvalue weighted by Crippen LogP contribution is 2.25. The predicted octanol–water partition coefficient (Wildman–Crippen LogP) is 1.29. The predicted molar refractivity (Wildman–Crippen MR) is 58.1 cm³/mol. The maximum Gasteiger partial charge on any atom is 0.227 e. The van der Waals surface area contributed by atoms with Crippen LogP contribution in [0.2, 0.25) is 0 Å². The number of nitrogens with one attached hydrogen (secondary N) is 2. The van der Waals surface area contributed by atoms with Crippen molar-refractivity contribution in [1.82, 2.24) is 10.6 Å². The molecule has 1 heterocycles. The zero-order chi connectivity index (χ0) is 10.8. The molecule has 0 aliphatic carbocycles. The summed E-state index contributed by atoms with van der Waals surface area (Å²) in [6.45, 7) is 10.0. The maximum atomic E-state index is 12.0. The lowest BCUT2D eigenvalue weighted by atomic mass is 9.87. The van der Waals surface area contributed by atoms with Crippen molar-refractivity contribution in [3.63, 3.8) is 0 Å². The van der Waals surface area contributed by atoms with E-state index in [0.29, 0.717) is 0 Å². The Morgan fingerprint density at radius 1 is 1.57 bits per heavy atom. The molecule has 2 N–H and O–H groups in total. The minimum Gasteiger partial charge on any atom is -0.351 e. The lowest BCUT2D eigenvalue weighted by molar-refractivity contribution is -0.130. The average molecular weight is 198 g/mol. The first-order valence-electron chi connectivity index (χ1n) is 5.43. The fourth-order valence-corrected chi connectivity index (χ4v) is 1.56. The molecule has 3 nitrogen and oxygen atoms in total. The molecule has 0 spiro atoms. The summed E-state index contributed by atoms with van der Waals surface area (Å²) in [6.07, 6.45) is 1.90. The van der Waals surface area contributed by atoms with Crippen LogP contribution >= 0.6 is 0 Å². The number of amides is 1. The molecule has 3 heteroatoms. The van der Waals surface area contributed by atoms with Gasteiger partial charge in [-0.1, -0.05) is 6.92 Å². The van der Waals surface area contributed by atoms with E-state index in [1.807, 2.05) is 6.92 Å². The van der Waals surface area contributed by atoms with Gasteiger partial charge in [0.1, 0.15) is 0 Å². The average Bonchev–Trinajstić information content (AvgIpc) is 2.53. The van der Waals surface area contributed by atoms with E-state index in [-0.39, 0.29) is 16.9 Å². The number of hydrogen-bond acceptors (Lipinski definition) is 2. The van der Waals surface area contributed by atoms with Gasteiger partial charge in [0, 0.05) is 12.1 Å². The highest BCUT2D eigenvalue weighted by Gasteiger charge is 2.37. The highest BCUT2D eigenvalue weighted by molar-refractivity contribution is 5.83. The van der Waals surface area contributed by atoms with E-state index in [9.17, 15) is 4.79 Å². The van der Waals surface area contributed by atoms with Crippen LogP contribution in [-0.2, 0) is 4.79 Å². The first-order valence-corrected chi connectivity index (χ1v) is 5.43. The molecule has 0 radical (unpaired) electrons. The minimum atomic E-state index is -0.202. The van der Waals surface area contributed by atoms with Gasteiger partial charge < -0.3 is 10.6 Å². The zero-order valence-corrected chi connectivity index (χ0v) is 9.74. The summed E-state index contributed by atoms with van der Waals surface area (Å²) in [6, 6.07) is 0. The van der Waals surface area contributed by atoms with Crippen molar-refractivity contribution >= 4 is 5.91 Å². The van der Waals surface area contributed by atoms with Gasteiger partial charge in [-0.2, -0.15) is 0 Å². The van der Waals surface area contributed by atoms with E-state index >= 15 is 0 Å². The van der Waals surface area contributed by atoms with E-state index < -0.39 is 0 Å². The van der Waals surface area contributed by atoms with Crippen molar-refractivity contribution < 1.29 is 4.79 Å². The van der Waals surface area contributed by atoms with Gasteiger partial charge in [-0.25, -0.2) is 0 Å². The number of carbonyl (C=O) groups is 1. The van der Waals surface area contributed by atoms with Gasteiger partial charge in [0.2, 0.25) is 5.91 Å². The van der Waals surface area contributed by atoms with E-state index in [0.717, 1.165) is 25.9 Å². The van der Waals surface area contributed by atoms with Crippen LogP contribution in [-0.4, -0.2) is 24.5 Å². The Labute approximate surface area is 86.6 Å². The van der Waals surface area contributed by atoms with Gasteiger partial charge in [0.05, 0.1) is 5.41 Å². The molecule has 1 aliphatic rings. The Hall–Kier alpha value is -0.570. The van der Waals surface area contributed by atoms with Crippen LogP contribution in [0.3, 0.4) is 0 Å². The van der Waals surface area contributed by atoms with Crippen LogP contribution in [0, 0.1) is 5.41 Å². The summed E-state index contributed by atoms with van der Waals surface area (Å²) in [5.41, 5.74) is -0.283. The molecule has 1 saturated heterocycles. The van der Waals surface area contributed by atoms with E-state index in [2.05, 4.69) is 31.4 Å². The fourth-order valence-electron chi connectivity index (χ4n) is 1.56. The molecule has 1 amide bonds. The normalized spacial score (nSPS) is 27.7. The number of carbonyl (C=O) groups excluding carboxylic acids is 1. The Bertz CT molecular complexity index is 217. The molecule has 14 heavy (non-hydrogen) atoms. The topological polar surface area (TPSA) is 41.1 Å². The molecule has 0 aromatic carbocycles. The third kappa shape index (κ3) is 2.47. The van der Waals surface area contributed by atoms with Crippen molar-refractivity contribution in [2.75, 3.05) is 13.1 Å². The van der Waals surface area contributed by atoms with Gasteiger partial charge in [-0.05, 0) is 40.2 Å². The molecule has 0 bridgehead atoms. The SMILES string of the molecule is CCC(C)(C)NC(=O)C1(C)CCNC1. The lowest BCUT2D eigenvalue weighted by Crippen LogP contribution is -2.50. The molecule has 82 valence electrons. The highest BCUT2D eigenvalue weighted by atomic mass is 16.2. The van der Waals surface area contributed by atoms with Gasteiger partial charge in [0.15, 0.2) is 0 Å². The van der Waals surface area contributed by atoms with Crippen LogP contribution in [0.1, 0.15) is 40.5 Å². The summed E-state index contributed by atoms with van der Waals surface area (Å²) >= 11 is 0. The van der Waals surface area contributed by atoms with Gasteiger partial charge >= 0.3 is 0 Å². The monoisotopic (exact) mass is 198 g/mol. The smallest absolute Gasteiger partial charge is 0.227 e. The van der Waals surface area contributed by atoms with Crippen LogP contribution < -0.4 is 10.6 Å². The fraction of sp³-hybridized carbons (Fsp3) is 0.909. The number of rotatable bonds is 3. The Morgan fingerprint density at radius 2 is 2.21 bits per heavy atom. The van der Waals surface area contributed by atoms with Crippen molar-refractivity contribution in [3.05, 3.63) is 0 Å². The second-order valence-electron chi connectivity index (χ2n) is 5.18. The Balaban J connectivity index is 2.57. The zero-order valence-electron chi connectivity index (χ0n) is 9.74. The van der Waals surface area contributed by atoms with Crippen LogP contribution in [0.15, 0.2) is 0 Å². The van der Waals surface area contributed by atoms with Crippen LogP contribution in [0.4, 0.5) is 0 Å². The molecule has 1 atom stereocenters. The quantitative estimate of drug-likeness (QED) is 0.717. The van der Waals surface area contributed by atoms with E-state index in [1.54, 1.807) is 0 Å². The second-order valence-corrected chi connectivity index (χ2v) is 5.18. The largest absolute Gasteiger partial charge is 0.351 e. The molecular weight excluding hydrogens is 176 g/mol. The maximum absolute atomic E-state index is 12.0. The number of hydrogen-bond donors (Lipinski definition) is 2. The third-order valence-corrected chi connectivity index (χ3v) is 3.25. The molecule has 1 unspecified atom stereocenters. The standard InChI is InChI=1S/C11H22N2O/c1-5-10(2,3)13-9(14)11(4)6-7-12-8-11/h12H,5-8H2,1-4H3,(H,13,14). The molecule has 0 saturated carbocycles. The van der Waals surface area contributed by atoms with Crippen molar-refractivity contribution in [2.24, 2.45) is 5.41 Å². The first kappa shape index (κ1) is 11.5. The summed E-state index contributed by atoms with van der Waals surface area (Å²) in [5.74, 6) is 0.189. The summed E-state index contributed by atoms with van der Waals surface area (Å²) < 4.78 is 0. The van der Waals surface area contributed by atoms with Crippen molar-refractivity contribution in [2.45, 2.75) is 46.1 Å². The van der Waals surface area contributed by atoms with E-state index in [1.165, 1.54) is 0 Å². The Morgan fingerprint density at radius 3 is 2.64 bits per heavy atom. The van der Waals surface area contributed by atoms with Crippen LogP contribution in [0.25, 0.3) is 0 Å². The van der Waals surface area contributed by atoms with Gasteiger partial charge in [-0.3, -0.25) is 4.79 Å². The molecule has 1 aliphatic heterocycles. The molecular formula is C11H22N2O. The molecule has 0 aromatic heterocycles. The summed E-state index contributed by atoms with van der Waals surface area (Å²) in [5, 5.41) is 6.35. The lowest BCUT2D eigenvalue weighted by Gasteiger charge is -2.30. The second kappa shape index (κ2) is 3.89. The minimum absolute atomic E-state index is 0.0807. The summed E-state index contributed by atoms with van der Waals surface area (Å²) in [4.78, 5) is 12.0. The first-order chi connectivity index (χ1) is 6.40. The third-order valence-electron chi connectivity index (χ3n) is 3.25. The molecule has 1 fully saturated rings. The van der Waals surface area contributed by atoms with Crippen molar-refractivity contribution in [3.8, 4) is 0 Å². The summed E-state index contributed by atoms with van der Waals surface area (Å²) in [7, 11) is 0. The molecule has 1 rings (SSSR count). The van der Waals surface area contributed by atoms with Crippen molar-refractivity contribution in [1.29, 1.82) is 0 Å².